The van der Waals surface area contributed by atoms with Gasteiger partial charge >= 0.3 is 0 Å². The van der Waals surface area contributed by atoms with Gasteiger partial charge in [-0.05, 0) is 53.4 Å². The van der Waals surface area contributed by atoms with Crippen molar-refractivity contribution in [1.82, 2.24) is 20.2 Å². The van der Waals surface area contributed by atoms with Crippen molar-refractivity contribution >= 4 is 0 Å². The monoisotopic (exact) mass is 220 g/mol. The zero-order valence-electron chi connectivity index (χ0n) is 10.6. The molecular weight excluding hydrogens is 200 g/mol. The molecule has 2 aliphatic carbocycles. The third-order valence-corrected chi connectivity index (χ3v) is 5.70. The van der Waals surface area contributed by atoms with Crippen molar-refractivity contribution in [2.75, 3.05) is 0 Å². The molecule has 2 fully saturated rings. The van der Waals surface area contributed by atoms with Gasteiger partial charge in [-0.3, -0.25) is 0 Å². The summed E-state index contributed by atoms with van der Waals surface area (Å²) in [4.78, 5) is 0. The molecule has 3 rings (SSSR count). The number of rotatable bonds is 1. The Morgan fingerprint density at radius 3 is 2.50 bits per heavy atom. The number of aromatic nitrogens is 4. The number of fused-ring (bicyclic) bond motifs is 2. The van der Waals surface area contributed by atoms with Gasteiger partial charge in [-0.25, -0.2) is 4.68 Å². The molecular formula is C12H20N4. The molecule has 0 aromatic carbocycles. The van der Waals surface area contributed by atoms with Crippen LogP contribution in [0.2, 0.25) is 0 Å². The number of tetrazole rings is 1. The Morgan fingerprint density at radius 1 is 1.31 bits per heavy atom. The van der Waals surface area contributed by atoms with E-state index in [1.807, 2.05) is 6.92 Å². The zero-order chi connectivity index (χ0) is 11.6. The van der Waals surface area contributed by atoms with Crippen LogP contribution in [0.4, 0.5) is 0 Å². The predicted molar refractivity (Wildman–Crippen MR) is 60.8 cm³/mol. The highest BCUT2D eigenvalue weighted by Gasteiger charge is 2.62. The molecule has 0 aliphatic heterocycles. The highest BCUT2D eigenvalue weighted by atomic mass is 15.6. The lowest BCUT2D eigenvalue weighted by molar-refractivity contribution is 0.0987. The summed E-state index contributed by atoms with van der Waals surface area (Å²) in [6.45, 7) is 9.27. The Balaban J connectivity index is 2.05. The van der Waals surface area contributed by atoms with Gasteiger partial charge in [0, 0.05) is 0 Å². The lowest BCUT2D eigenvalue weighted by Crippen LogP contribution is -2.34. The minimum atomic E-state index is 0.359. The quantitative estimate of drug-likeness (QED) is 0.729. The summed E-state index contributed by atoms with van der Waals surface area (Å²) >= 11 is 0. The van der Waals surface area contributed by atoms with E-state index < -0.39 is 0 Å². The van der Waals surface area contributed by atoms with E-state index in [1.165, 1.54) is 19.3 Å². The van der Waals surface area contributed by atoms with Crippen LogP contribution >= 0.6 is 0 Å². The Bertz CT molecular complexity index is 422. The van der Waals surface area contributed by atoms with Crippen LogP contribution in [0.25, 0.3) is 0 Å². The Hall–Kier alpha value is -0.930. The van der Waals surface area contributed by atoms with Gasteiger partial charge in [-0.1, -0.05) is 20.8 Å². The minimum Gasteiger partial charge on any atom is -0.226 e. The second-order valence-corrected chi connectivity index (χ2v) is 6.30. The maximum atomic E-state index is 4.18. The third kappa shape index (κ3) is 0.980. The van der Waals surface area contributed by atoms with E-state index >= 15 is 0 Å². The molecule has 1 aromatic rings. The van der Waals surface area contributed by atoms with Crippen molar-refractivity contribution in [3.05, 3.63) is 5.82 Å². The van der Waals surface area contributed by atoms with Crippen LogP contribution in [-0.4, -0.2) is 20.2 Å². The summed E-state index contributed by atoms with van der Waals surface area (Å²) in [7, 11) is 0. The van der Waals surface area contributed by atoms with E-state index in [0.29, 0.717) is 16.9 Å². The molecule has 88 valence electrons. The van der Waals surface area contributed by atoms with Crippen LogP contribution in [0, 0.1) is 23.7 Å². The van der Waals surface area contributed by atoms with Crippen molar-refractivity contribution in [3.8, 4) is 0 Å². The molecule has 0 radical (unpaired) electrons. The second kappa shape index (κ2) is 2.84. The molecule has 2 saturated carbocycles. The van der Waals surface area contributed by atoms with Gasteiger partial charge in [0.15, 0.2) is 0 Å². The standard InChI is InChI=1S/C12H20N4/c1-8-13-14-15-16(8)10-7-9-5-6-12(10,4)11(9,2)3/h9-10H,5-7H2,1-4H3/t9-,10-,12+/m1/s1. The van der Waals surface area contributed by atoms with Gasteiger partial charge in [0.25, 0.3) is 0 Å². The van der Waals surface area contributed by atoms with E-state index in [2.05, 4.69) is 41.0 Å². The zero-order valence-corrected chi connectivity index (χ0v) is 10.6. The van der Waals surface area contributed by atoms with Gasteiger partial charge in [0.05, 0.1) is 6.04 Å². The molecule has 0 unspecified atom stereocenters. The van der Waals surface area contributed by atoms with Gasteiger partial charge in [0.1, 0.15) is 5.82 Å². The van der Waals surface area contributed by atoms with Crippen molar-refractivity contribution in [1.29, 1.82) is 0 Å². The fourth-order valence-corrected chi connectivity index (χ4v) is 4.06. The first-order chi connectivity index (χ1) is 7.47. The largest absolute Gasteiger partial charge is 0.226 e. The molecule has 1 heterocycles. The maximum Gasteiger partial charge on any atom is 0.148 e. The molecule has 4 heteroatoms. The Labute approximate surface area is 96.4 Å². The Kier molecular flexibility index (Phi) is 1.82. The highest BCUT2D eigenvalue weighted by Crippen LogP contribution is 2.69. The molecule has 0 spiro atoms. The van der Waals surface area contributed by atoms with Gasteiger partial charge in [0.2, 0.25) is 0 Å². The van der Waals surface area contributed by atoms with Crippen LogP contribution < -0.4 is 0 Å². The summed E-state index contributed by atoms with van der Waals surface area (Å²) in [5.74, 6) is 1.79. The molecule has 0 amide bonds. The van der Waals surface area contributed by atoms with Crippen molar-refractivity contribution < 1.29 is 0 Å². The predicted octanol–water partition coefficient (Wildman–Crippen LogP) is 2.37. The molecule has 3 atom stereocenters. The van der Waals surface area contributed by atoms with E-state index in [0.717, 1.165) is 11.7 Å². The third-order valence-electron chi connectivity index (χ3n) is 5.70. The van der Waals surface area contributed by atoms with E-state index in [-0.39, 0.29) is 0 Å². The SMILES string of the molecule is Cc1nnnn1[C@@H]1C[C@H]2CC[C@]1(C)C2(C)C. The van der Waals surface area contributed by atoms with Crippen LogP contribution in [0.15, 0.2) is 0 Å². The average molecular weight is 220 g/mol. The van der Waals surface area contributed by atoms with Crippen molar-refractivity contribution in [2.45, 2.75) is 53.0 Å². The van der Waals surface area contributed by atoms with Crippen molar-refractivity contribution in [2.24, 2.45) is 16.7 Å². The number of hydrogen-bond donors (Lipinski definition) is 0. The minimum absolute atomic E-state index is 0.359. The summed E-state index contributed by atoms with van der Waals surface area (Å²) in [6.07, 6.45) is 3.94. The van der Waals surface area contributed by atoms with E-state index in [9.17, 15) is 0 Å². The van der Waals surface area contributed by atoms with Crippen LogP contribution in [0.5, 0.6) is 0 Å². The number of aryl methyl sites for hydroxylation is 1. The summed E-state index contributed by atoms with van der Waals surface area (Å²) in [6, 6.07) is 0.497. The molecule has 2 bridgehead atoms. The first-order valence-corrected chi connectivity index (χ1v) is 6.21. The summed E-state index contributed by atoms with van der Waals surface area (Å²) < 4.78 is 2.06. The first-order valence-electron chi connectivity index (χ1n) is 6.21. The topological polar surface area (TPSA) is 43.6 Å². The summed E-state index contributed by atoms with van der Waals surface area (Å²) in [5, 5.41) is 12.0. The Morgan fingerprint density at radius 2 is 2.06 bits per heavy atom. The van der Waals surface area contributed by atoms with Gasteiger partial charge in [-0.2, -0.15) is 0 Å². The summed E-state index contributed by atoms with van der Waals surface area (Å²) in [5.41, 5.74) is 0.786. The molecule has 0 N–H and O–H groups in total. The van der Waals surface area contributed by atoms with E-state index in [1.54, 1.807) is 0 Å². The maximum absolute atomic E-state index is 4.18. The molecule has 4 nitrogen and oxygen atoms in total. The fourth-order valence-electron chi connectivity index (χ4n) is 4.06. The number of hydrogen-bond acceptors (Lipinski definition) is 3. The molecule has 1 aromatic heterocycles. The lowest BCUT2D eigenvalue weighted by Gasteiger charge is -2.39. The van der Waals surface area contributed by atoms with E-state index in [4.69, 9.17) is 0 Å². The molecule has 0 saturated heterocycles. The van der Waals surface area contributed by atoms with Crippen LogP contribution in [-0.2, 0) is 0 Å². The van der Waals surface area contributed by atoms with Crippen LogP contribution in [0.3, 0.4) is 0 Å². The normalized spacial score (nSPS) is 40.5. The smallest absolute Gasteiger partial charge is 0.148 e. The van der Waals surface area contributed by atoms with Crippen molar-refractivity contribution in [3.63, 3.8) is 0 Å². The second-order valence-electron chi connectivity index (χ2n) is 6.30. The number of nitrogens with zero attached hydrogens (tertiary/aromatic N) is 4. The van der Waals surface area contributed by atoms with Gasteiger partial charge < -0.3 is 0 Å². The van der Waals surface area contributed by atoms with Gasteiger partial charge in [-0.15, -0.1) is 5.10 Å². The molecule has 2 aliphatic rings. The molecule has 16 heavy (non-hydrogen) atoms. The lowest BCUT2D eigenvalue weighted by atomic mass is 9.69. The average Bonchev–Trinajstić information content (AvgIpc) is 2.77. The first kappa shape index (κ1) is 10.2. The fraction of sp³-hybridized carbons (Fsp3) is 0.917. The highest BCUT2D eigenvalue weighted by molar-refractivity contribution is 5.12. The van der Waals surface area contributed by atoms with Crippen LogP contribution in [0.1, 0.15) is 51.9 Å².